The minimum atomic E-state index is -0.262. The average Bonchev–Trinajstić information content (AvgIpc) is 2.67. The molecule has 2 aromatic carbocycles. The molecule has 0 aromatic heterocycles. The van der Waals surface area contributed by atoms with Gasteiger partial charge >= 0.3 is 0 Å². The van der Waals surface area contributed by atoms with Crippen molar-refractivity contribution in [3.05, 3.63) is 59.7 Å². The third-order valence-electron chi connectivity index (χ3n) is 3.72. The maximum absolute atomic E-state index is 12.0. The number of ether oxygens (including phenoxy) is 2. The maximum atomic E-state index is 12.0. The highest BCUT2D eigenvalue weighted by atomic mass is 16.5. The number of aryl methyl sites for hydroxylation is 1. The van der Waals surface area contributed by atoms with E-state index in [1.54, 1.807) is 31.4 Å². The van der Waals surface area contributed by atoms with Crippen LogP contribution in [0.1, 0.15) is 22.8 Å². The Morgan fingerprint density at radius 2 is 1.69 bits per heavy atom. The second kappa shape index (κ2) is 10.2. The Bertz CT molecular complexity index is 712. The predicted molar refractivity (Wildman–Crippen MR) is 101 cm³/mol. The number of methoxy groups -OCH3 is 1. The SMILES string of the molecule is CCc1ccc(OCC(=O)Nc2ccc(C(=O)NCCOC)cc2)cc1. The van der Waals surface area contributed by atoms with E-state index in [0.717, 1.165) is 6.42 Å². The lowest BCUT2D eigenvalue weighted by Gasteiger charge is -2.09. The molecule has 0 aliphatic heterocycles. The summed E-state index contributed by atoms with van der Waals surface area (Å²) < 4.78 is 10.4. The quantitative estimate of drug-likeness (QED) is 0.677. The van der Waals surface area contributed by atoms with Crippen molar-refractivity contribution in [2.24, 2.45) is 0 Å². The fourth-order valence-corrected chi connectivity index (χ4v) is 2.24. The van der Waals surface area contributed by atoms with Gasteiger partial charge in [0.05, 0.1) is 6.61 Å². The van der Waals surface area contributed by atoms with Crippen LogP contribution < -0.4 is 15.4 Å². The highest BCUT2D eigenvalue weighted by Crippen LogP contribution is 2.13. The minimum Gasteiger partial charge on any atom is -0.484 e. The fraction of sp³-hybridized carbons (Fsp3) is 0.300. The molecule has 0 radical (unpaired) electrons. The molecule has 0 saturated heterocycles. The van der Waals surface area contributed by atoms with Crippen LogP contribution in [0.3, 0.4) is 0 Å². The van der Waals surface area contributed by atoms with Gasteiger partial charge in [-0.1, -0.05) is 19.1 Å². The third-order valence-corrected chi connectivity index (χ3v) is 3.72. The summed E-state index contributed by atoms with van der Waals surface area (Å²) in [5.74, 6) is 0.209. The molecule has 0 aliphatic rings. The molecule has 6 nitrogen and oxygen atoms in total. The zero-order valence-corrected chi connectivity index (χ0v) is 15.1. The summed E-state index contributed by atoms with van der Waals surface area (Å²) in [7, 11) is 1.58. The van der Waals surface area contributed by atoms with Gasteiger partial charge in [-0.2, -0.15) is 0 Å². The first-order chi connectivity index (χ1) is 12.6. The lowest BCUT2D eigenvalue weighted by Crippen LogP contribution is -2.26. The normalized spacial score (nSPS) is 10.2. The highest BCUT2D eigenvalue weighted by molar-refractivity contribution is 5.96. The van der Waals surface area contributed by atoms with Crippen LogP contribution in [0.15, 0.2) is 48.5 Å². The molecule has 0 saturated carbocycles. The van der Waals surface area contributed by atoms with Crippen molar-refractivity contribution < 1.29 is 19.1 Å². The van der Waals surface area contributed by atoms with Gasteiger partial charge in [0.2, 0.25) is 0 Å². The first-order valence-corrected chi connectivity index (χ1v) is 8.51. The first-order valence-electron chi connectivity index (χ1n) is 8.51. The van der Waals surface area contributed by atoms with Crippen molar-refractivity contribution in [2.75, 3.05) is 32.2 Å². The van der Waals surface area contributed by atoms with Crippen molar-refractivity contribution in [3.8, 4) is 5.75 Å². The van der Waals surface area contributed by atoms with Gasteiger partial charge in [0.15, 0.2) is 6.61 Å². The number of amides is 2. The molecule has 2 N–H and O–H groups in total. The predicted octanol–water partition coefficient (Wildman–Crippen LogP) is 2.64. The minimum absolute atomic E-state index is 0.0786. The molecule has 0 unspecified atom stereocenters. The Labute approximate surface area is 153 Å². The summed E-state index contributed by atoms with van der Waals surface area (Å²) in [4.78, 5) is 23.9. The molecule has 2 rings (SSSR count). The van der Waals surface area contributed by atoms with Gasteiger partial charge in [0, 0.05) is 24.9 Å². The molecule has 26 heavy (non-hydrogen) atoms. The number of benzene rings is 2. The number of hydrogen-bond donors (Lipinski definition) is 2. The second-order valence-electron chi connectivity index (χ2n) is 5.66. The van der Waals surface area contributed by atoms with E-state index in [4.69, 9.17) is 9.47 Å². The van der Waals surface area contributed by atoms with Crippen molar-refractivity contribution in [2.45, 2.75) is 13.3 Å². The largest absolute Gasteiger partial charge is 0.484 e. The lowest BCUT2D eigenvalue weighted by atomic mass is 10.2. The summed E-state index contributed by atoms with van der Waals surface area (Å²) in [6.07, 6.45) is 0.959. The topological polar surface area (TPSA) is 76.7 Å². The van der Waals surface area contributed by atoms with Crippen LogP contribution in [0.25, 0.3) is 0 Å². The number of carbonyl (C=O) groups excluding carboxylic acids is 2. The van der Waals surface area contributed by atoms with Gasteiger partial charge in [0.1, 0.15) is 5.75 Å². The smallest absolute Gasteiger partial charge is 0.262 e. The first kappa shape index (κ1) is 19.5. The number of nitrogens with one attached hydrogen (secondary N) is 2. The molecule has 0 aliphatic carbocycles. The van der Waals surface area contributed by atoms with E-state index in [0.29, 0.717) is 30.2 Å². The van der Waals surface area contributed by atoms with E-state index in [2.05, 4.69) is 17.6 Å². The Morgan fingerprint density at radius 3 is 2.31 bits per heavy atom. The van der Waals surface area contributed by atoms with Crippen molar-refractivity contribution >= 4 is 17.5 Å². The molecule has 138 valence electrons. The number of hydrogen-bond acceptors (Lipinski definition) is 4. The molecule has 2 amide bonds. The average molecular weight is 356 g/mol. The van der Waals surface area contributed by atoms with E-state index >= 15 is 0 Å². The third kappa shape index (κ3) is 6.22. The summed E-state index contributed by atoms with van der Waals surface area (Å²) >= 11 is 0. The van der Waals surface area contributed by atoms with Gasteiger partial charge in [-0.05, 0) is 48.4 Å². The molecule has 6 heteroatoms. The summed E-state index contributed by atoms with van der Waals surface area (Å²) in [6, 6.07) is 14.3. The summed E-state index contributed by atoms with van der Waals surface area (Å²) in [5.41, 5.74) is 2.34. The zero-order valence-electron chi connectivity index (χ0n) is 15.1. The number of anilines is 1. The van der Waals surface area contributed by atoms with Crippen LogP contribution in [0.5, 0.6) is 5.75 Å². The Kier molecular flexibility index (Phi) is 7.64. The van der Waals surface area contributed by atoms with Crippen molar-refractivity contribution in [1.82, 2.24) is 5.32 Å². The maximum Gasteiger partial charge on any atom is 0.262 e. The molecule has 0 spiro atoms. The number of carbonyl (C=O) groups is 2. The van der Waals surface area contributed by atoms with Crippen LogP contribution in [-0.2, 0) is 16.0 Å². The van der Waals surface area contributed by atoms with Crippen LogP contribution in [0, 0.1) is 0 Å². The van der Waals surface area contributed by atoms with E-state index in [1.807, 2.05) is 24.3 Å². The molecule has 0 bridgehead atoms. The van der Waals surface area contributed by atoms with E-state index in [9.17, 15) is 9.59 Å². The molecular weight excluding hydrogens is 332 g/mol. The molecule has 0 atom stereocenters. The molecule has 0 fully saturated rings. The molecular formula is C20H24N2O4. The number of rotatable bonds is 9. The van der Waals surface area contributed by atoms with Gasteiger partial charge in [-0.3, -0.25) is 9.59 Å². The van der Waals surface area contributed by atoms with E-state index < -0.39 is 0 Å². The second-order valence-corrected chi connectivity index (χ2v) is 5.66. The summed E-state index contributed by atoms with van der Waals surface area (Å²) in [6.45, 7) is 2.91. The van der Waals surface area contributed by atoms with E-state index in [-0.39, 0.29) is 18.4 Å². The van der Waals surface area contributed by atoms with Gasteiger partial charge < -0.3 is 20.1 Å². The molecule has 0 heterocycles. The van der Waals surface area contributed by atoms with Crippen LogP contribution >= 0.6 is 0 Å². The lowest BCUT2D eigenvalue weighted by molar-refractivity contribution is -0.118. The van der Waals surface area contributed by atoms with Gasteiger partial charge in [0.25, 0.3) is 11.8 Å². The van der Waals surface area contributed by atoms with E-state index in [1.165, 1.54) is 5.56 Å². The van der Waals surface area contributed by atoms with Gasteiger partial charge in [-0.15, -0.1) is 0 Å². The van der Waals surface area contributed by atoms with Crippen molar-refractivity contribution in [3.63, 3.8) is 0 Å². The van der Waals surface area contributed by atoms with Crippen molar-refractivity contribution in [1.29, 1.82) is 0 Å². The Balaban J connectivity index is 1.80. The fourth-order valence-electron chi connectivity index (χ4n) is 2.24. The Morgan fingerprint density at radius 1 is 1.00 bits per heavy atom. The van der Waals surface area contributed by atoms with Gasteiger partial charge in [-0.25, -0.2) is 0 Å². The van der Waals surface area contributed by atoms with Crippen LogP contribution in [0.2, 0.25) is 0 Å². The highest BCUT2D eigenvalue weighted by Gasteiger charge is 2.07. The molecule has 2 aromatic rings. The standard InChI is InChI=1S/C20H24N2O4/c1-3-15-4-10-18(11-5-15)26-14-19(23)22-17-8-6-16(7-9-17)20(24)21-12-13-25-2/h4-11H,3,12-14H2,1-2H3,(H,21,24)(H,22,23). The zero-order chi connectivity index (χ0) is 18.8. The van der Waals surface area contributed by atoms with Crippen LogP contribution in [-0.4, -0.2) is 38.7 Å². The summed E-state index contributed by atoms with van der Waals surface area (Å²) in [5, 5.41) is 5.47. The van der Waals surface area contributed by atoms with Crippen LogP contribution in [0.4, 0.5) is 5.69 Å². The Hall–Kier alpha value is -2.86. The monoisotopic (exact) mass is 356 g/mol.